The maximum absolute atomic E-state index is 11.9. The molecule has 182 valence electrons. The molecule has 1 aliphatic rings. The summed E-state index contributed by atoms with van der Waals surface area (Å²) in [6.07, 6.45) is 4.08. The van der Waals surface area contributed by atoms with Gasteiger partial charge in [0.15, 0.2) is 5.96 Å². The average molecular weight is 559 g/mol. The monoisotopic (exact) mass is 558 g/mol. The van der Waals surface area contributed by atoms with Crippen molar-refractivity contribution in [3.8, 4) is 0 Å². The van der Waals surface area contributed by atoms with Gasteiger partial charge in [-0.1, -0.05) is 37.3 Å². The van der Waals surface area contributed by atoms with Crippen LogP contribution in [0.15, 0.2) is 35.3 Å². The molecule has 1 fully saturated rings. The second-order valence-electron chi connectivity index (χ2n) is 8.58. The van der Waals surface area contributed by atoms with Crippen LogP contribution in [0.2, 0.25) is 0 Å². The number of aliphatic imine (C=N–C) groups is 1. The zero-order chi connectivity index (χ0) is 22.5. The van der Waals surface area contributed by atoms with Gasteiger partial charge in [0.25, 0.3) is 0 Å². The van der Waals surface area contributed by atoms with Gasteiger partial charge >= 0.3 is 0 Å². The molecule has 32 heavy (non-hydrogen) atoms. The molecule has 3 N–H and O–H groups in total. The van der Waals surface area contributed by atoms with E-state index in [0.29, 0.717) is 18.6 Å². The summed E-state index contributed by atoms with van der Waals surface area (Å²) in [5.41, 5.74) is 1.34. The molecule has 0 radical (unpaired) electrons. The van der Waals surface area contributed by atoms with Crippen molar-refractivity contribution >= 4 is 35.8 Å². The molecule has 0 bridgehead atoms. The van der Waals surface area contributed by atoms with Crippen molar-refractivity contribution in [2.24, 2.45) is 4.99 Å². The normalized spacial score (nSPS) is 16.3. The highest BCUT2D eigenvalue weighted by Gasteiger charge is 2.21. The number of carbonyl (C=O) groups excluding carboxylic acids is 1. The highest BCUT2D eigenvalue weighted by atomic mass is 127. The Balaban J connectivity index is 0.00000512. The molecule has 7 nitrogen and oxygen atoms in total. The van der Waals surface area contributed by atoms with Gasteiger partial charge in [-0.3, -0.25) is 19.6 Å². The first kappa shape index (κ1) is 28.6. The molecule has 1 atom stereocenters. The van der Waals surface area contributed by atoms with E-state index in [2.05, 4.69) is 82.0 Å². The van der Waals surface area contributed by atoms with Crippen LogP contribution in [0.25, 0.3) is 0 Å². The number of hydrogen-bond donors (Lipinski definition) is 3. The summed E-state index contributed by atoms with van der Waals surface area (Å²) in [6, 6.07) is 11.5. The zero-order valence-corrected chi connectivity index (χ0v) is 22.6. The number of amides is 1. The molecule has 1 amide bonds. The van der Waals surface area contributed by atoms with Crippen molar-refractivity contribution in [1.82, 2.24) is 25.8 Å². The van der Waals surface area contributed by atoms with E-state index in [1.807, 2.05) is 7.05 Å². The molecule has 1 aliphatic heterocycles. The molecule has 0 aromatic heterocycles. The standard InChI is InChI=1S/C24H42N6O.HI/c1-5-14-26-23(31)19-30-16-12-22(13-17-30)28-24(25-3)27-15-11-20(2)29(4)18-21-9-7-6-8-10-21;/h6-10,20,22H,5,11-19H2,1-4H3,(H,26,31)(H2,25,27,28);1H. The van der Waals surface area contributed by atoms with Gasteiger partial charge in [0.05, 0.1) is 6.54 Å². The molecule has 1 saturated heterocycles. The van der Waals surface area contributed by atoms with E-state index >= 15 is 0 Å². The van der Waals surface area contributed by atoms with E-state index < -0.39 is 0 Å². The maximum atomic E-state index is 11.9. The lowest BCUT2D eigenvalue weighted by Crippen LogP contribution is -2.50. The van der Waals surface area contributed by atoms with Crippen LogP contribution in [0.3, 0.4) is 0 Å². The highest BCUT2D eigenvalue weighted by molar-refractivity contribution is 14.0. The first-order chi connectivity index (χ1) is 15.0. The summed E-state index contributed by atoms with van der Waals surface area (Å²) in [4.78, 5) is 20.9. The Hall–Kier alpha value is -1.39. The first-order valence-corrected chi connectivity index (χ1v) is 11.7. The second-order valence-corrected chi connectivity index (χ2v) is 8.58. The molecular weight excluding hydrogens is 515 g/mol. The maximum Gasteiger partial charge on any atom is 0.234 e. The minimum atomic E-state index is 0. The molecule has 1 unspecified atom stereocenters. The number of nitrogens with one attached hydrogen (secondary N) is 3. The van der Waals surface area contributed by atoms with Gasteiger partial charge in [-0.25, -0.2) is 0 Å². The number of nitrogens with zero attached hydrogens (tertiary/aromatic N) is 3. The highest BCUT2D eigenvalue weighted by Crippen LogP contribution is 2.10. The fourth-order valence-corrected chi connectivity index (χ4v) is 3.79. The van der Waals surface area contributed by atoms with Crippen LogP contribution in [0.5, 0.6) is 0 Å². The number of halogens is 1. The summed E-state index contributed by atoms with van der Waals surface area (Å²) in [5, 5.41) is 9.98. The Morgan fingerprint density at radius 1 is 1.19 bits per heavy atom. The molecule has 1 aromatic carbocycles. The third kappa shape index (κ3) is 11.0. The van der Waals surface area contributed by atoms with Crippen molar-refractivity contribution in [2.45, 2.75) is 58.2 Å². The fraction of sp³-hybridized carbons (Fsp3) is 0.667. The third-order valence-corrected chi connectivity index (χ3v) is 5.97. The minimum absolute atomic E-state index is 0. The lowest BCUT2D eigenvalue weighted by molar-refractivity contribution is -0.122. The van der Waals surface area contributed by atoms with Crippen LogP contribution in [0.4, 0.5) is 0 Å². The van der Waals surface area contributed by atoms with Crippen molar-refractivity contribution < 1.29 is 4.79 Å². The Bertz CT molecular complexity index is 664. The minimum Gasteiger partial charge on any atom is -0.356 e. The van der Waals surface area contributed by atoms with Gasteiger partial charge < -0.3 is 16.0 Å². The number of likely N-dealkylation sites (tertiary alicyclic amines) is 1. The van der Waals surface area contributed by atoms with Crippen molar-refractivity contribution in [1.29, 1.82) is 0 Å². The fourth-order valence-electron chi connectivity index (χ4n) is 3.79. The average Bonchev–Trinajstić information content (AvgIpc) is 2.78. The van der Waals surface area contributed by atoms with E-state index in [1.54, 1.807) is 0 Å². The van der Waals surface area contributed by atoms with E-state index in [0.717, 1.165) is 64.4 Å². The largest absolute Gasteiger partial charge is 0.356 e. The smallest absolute Gasteiger partial charge is 0.234 e. The van der Waals surface area contributed by atoms with E-state index in [1.165, 1.54) is 5.56 Å². The third-order valence-electron chi connectivity index (χ3n) is 5.97. The number of piperidine rings is 1. The number of carbonyl (C=O) groups is 1. The van der Waals surface area contributed by atoms with E-state index in [-0.39, 0.29) is 29.9 Å². The lowest BCUT2D eigenvalue weighted by Gasteiger charge is -2.32. The Labute approximate surface area is 211 Å². The van der Waals surface area contributed by atoms with Crippen LogP contribution >= 0.6 is 24.0 Å². The Morgan fingerprint density at radius 2 is 1.88 bits per heavy atom. The predicted octanol–water partition coefficient (Wildman–Crippen LogP) is 2.67. The number of guanidine groups is 1. The van der Waals surface area contributed by atoms with Gasteiger partial charge in [-0.15, -0.1) is 24.0 Å². The predicted molar refractivity (Wildman–Crippen MR) is 145 cm³/mol. The van der Waals surface area contributed by atoms with Gasteiger partial charge in [-0.05, 0) is 45.2 Å². The summed E-state index contributed by atoms with van der Waals surface area (Å²) in [6.45, 7) is 9.34. The zero-order valence-electron chi connectivity index (χ0n) is 20.3. The SMILES string of the molecule is CCCNC(=O)CN1CCC(NC(=NC)NCCC(C)N(C)Cc2ccccc2)CC1.I. The Kier molecular flexibility index (Phi) is 14.6. The quantitative estimate of drug-likeness (QED) is 0.221. The molecule has 1 heterocycles. The van der Waals surface area contributed by atoms with Crippen LogP contribution in [-0.2, 0) is 11.3 Å². The molecule has 0 saturated carbocycles. The van der Waals surface area contributed by atoms with Crippen LogP contribution < -0.4 is 16.0 Å². The lowest BCUT2D eigenvalue weighted by atomic mass is 10.1. The van der Waals surface area contributed by atoms with Crippen molar-refractivity contribution in [3.05, 3.63) is 35.9 Å². The molecule has 2 rings (SSSR count). The molecular formula is C24H43IN6O. The summed E-state index contributed by atoms with van der Waals surface area (Å²) < 4.78 is 0. The van der Waals surface area contributed by atoms with Gasteiger partial charge in [0.2, 0.25) is 5.91 Å². The van der Waals surface area contributed by atoms with Gasteiger partial charge in [-0.2, -0.15) is 0 Å². The molecule has 1 aromatic rings. The summed E-state index contributed by atoms with van der Waals surface area (Å²) >= 11 is 0. The summed E-state index contributed by atoms with van der Waals surface area (Å²) in [5.74, 6) is 1.01. The number of rotatable bonds is 11. The first-order valence-electron chi connectivity index (χ1n) is 11.7. The Morgan fingerprint density at radius 3 is 2.50 bits per heavy atom. The van der Waals surface area contributed by atoms with Crippen LogP contribution in [0.1, 0.15) is 45.1 Å². The van der Waals surface area contributed by atoms with Gasteiger partial charge in [0, 0.05) is 51.9 Å². The van der Waals surface area contributed by atoms with Crippen LogP contribution in [-0.4, -0.2) is 80.6 Å². The second kappa shape index (κ2) is 16.3. The molecule has 8 heteroatoms. The number of benzene rings is 1. The van der Waals surface area contributed by atoms with Crippen LogP contribution in [0, 0.1) is 0 Å². The van der Waals surface area contributed by atoms with Gasteiger partial charge in [0.1, 0.15) is 0 Å². The van der Waals surface area contributed by atoms with Crippen molar-refractivity contribution in [3.63, 3.8) is 0 Å². The van der Waals surface area contributed by atoms with E-state index in [9.17, 15) is 4.79 Å². The van der Waals surface area contributed by atoms with E-state index in [4.69, 9.17) is 0 Å². The summed E-state index contributed by atoms with van der Waals surface area (Å²) in [7, 11) is 4.01. The molecule has 0 spiro atoms. The van der Waals surface area contributed by atoms with Crippen molar-refractivity contribution in [2.75, 3.05) is 46.8 Å². The topological polar surface area (TPSA) is 72.0 Å². The number of hydrogen-bond acceptors (Lipinski definition) is 4. The molecule has 0 aliphatic carbocycles.